The molecule has 2 N–H and O–H groups in total. The van der Waals surface area contributed by atoms with Crippen molar-refractivity contribution in [2.75, 3.05) is 19.7 Å². The summed E-state index contributed by atoms with van der Waals surface area (Å²) in [5.41, 5.74) is 1.51. The van der Waals surface area contributed by atoms with Crippen molar-refractivity contribution in [3.05, 3.63) is 0 Å². The van der Waals surface area contributed by atoms with Crippen LogP contribution in [0.3, 0.4) is 0 Å². The van der Waals surface area contributed by atoms with Gasteiger partial charge in [0.1, 0.15) is 17.8 Å². The van der Waals surface area contributed by atoms with E-state index < -0.39 is 23.3 Å². The second-order valence-electron chi connectivity index (χ2n) is 7.56. The molecule has 0 aromatic carbocycles. The standard InChI is InChI=1S/C15H28N2O6/c1-14(2,3)22-12(19)11(18)9-21-16-10-7-17(8-10)13(20)23-15(4,5)6/h10-11,16,18H,7-9H2,1-6H3/t11-/m1/s1. The van der Waals surface area contributed by atoms with E-state index in [1.54, 1.807) is 20.8 Å². The van der Waals surface area contributed by atoms with Crippen molar-refractivity contribution in [3.63, 3.8) is 0 Å². The van der Waals surface area contributed by atoms with E-state index >= 15 is 0 Å². The minimum absolute atomic E-state index is 0.0617. The lowest BCUT2D eigenvalue weighted by molar-refractivity contribution is -0.170. The molecule has 0 aromatic rings. The van der Waals surface area contributed by atoms with Gasteiger partial charge in [-0.3, -0.25) is 4.84 Å². The maximum Gasteiger partial charge on any atom is 0.410 e. The third kappa shape index (κ3) is 7.62. The lowest BCUT2D eigenvalue weighted by Gasteiger charge is -2.39. The first-order valence-corrected chi connectivity index (χ1v) is 7.63. The first-order chi connectivity index (χ1) is 10.4. The Morgan fingerprint density at radius 2 is 1.65 bits per heavy atom. The monoisotopic (exact) mass is 332 g/mol. The smallest absolute Gasteiger partial charge is 0.410 e. The van der Waals surface area contributed by atoms with E-state index in [0.29, 0.717) is 13.1 Å². The van der Waals surface area contributed by atoms with Crippen LogP contribution in [0.4, 0.5) is 4.79 Å². The van der Waals surface area contributed by atoms with E-state index in [4.69, 9.17) is 14.3 Å². The van der Waals surface area contributed by atoms with Gasteiger partial charge >= 0.3 is 12.1 Å². The normalized spacial score (nSPS) is 17.4. The first-order valence-electron chi connectivity index (χ1n) is 7.63. The number of ether oxygens (including phenoxy) is 2. The van der Waals surface area contributed by atoms with Gasteiger partial charge in [-0.2, -0.15) is 5.48 Å². The molecule has 0 aliphatic carbocycles. The zero-order chi connectivity index (χ0) is 17.8. The summed E-state index contributed by atoms with van der Waals surface area (Å²) in [6.07, 6.45) is -1.73. The molecule has 0 saturated carbocycles. The molecule has 1 rings (SSSR count). The Kier molecular flexibility index (Phi) is 6.38. The molecule has 8 heteroatoms. The molecule has 1 aliphatic rings. The number of carbonyl (C=O) groups excluding carboxylic acids is 2. The van der Waals surface area contributed by atoms with E-state index in [9.17, 15) is 14.7 Å². The summed E-state index contributed by atoms with van der Waals surface area (Å²) in [6.45, 7) is 11.2. The van der Waals surface area contributed by atoms with Crippen molar-refractivity contribution in [1.82, 2.24) is 10.4 Å². The van der Waals surface area contributed by atoms with Gasteiger partial charge in [0.2, 0.25) is 0 Å². The highest BCUT2D eigenvalue weighted by atomic mass is 16.7. The number of hydroxylamine groups is 1. The molecule has 0 bridgehead atoms. The highest BCUT2D eigenvalue weighted by molar-refractivity contribution is 5.74. The number of nitrogens with one attached hydrogen (secondary N) is 1. The minimum Gasteiger partial charge on any atom is -0.458 e. The van der Waals surface area contributed by atoms with Crippen molar-refractivity contribution < 1.29 is 29.0 Å². The maximum absolute atomic E-state index is 11.7. The van der Waals surface area contributed by atoms with Gasteiger partial charge in [-0.05, 0) is 41.5 Å². The molecular formula is C15H28N2O6. The molecule has 1 aliphatic heterocycles. The first kappa shape index (κ1) is 19.7. The molecule has 0 unspecified atom stereocenters. The van der Waals surface area contributed by atoms with Crippen molar-refractivity contribution in [2.45, 2.75) is 64.9 Å². The highest BCUT2D eigenvalue weighted by Crippen LogP contribution is 2.15. The molecule has 0 aromatic heterocycles. The molecule has 1 amide bonds. The summed E-state index contributed by atoms with van der Waals surface area (Å²) in [6, 6.07) is -0.0617. The van der Waals surface area contributed by atoms with Gasteiger partial charge in [-0.1, -0.05) is 0 Å². The predicted molar refractivity (Wildman–Crippen MR) is 82.5 cm³/mol. The van der Waals surface area contributed by atoms with Gasteiger partial charge in [0.25, 0.3) is 0 Å². The average Bonchev–Trinajstić information content (AvgIpc) is 2.26. The van der Waals surface area contributed by atoms with Crippen molar-refractivity contribution in [1.29, 1.82) is 0 Å². The Labute approximate surface area is 137 Å². The second-order valence-corrected chi connectivity index (χ2v) is 7.56. The van der Waals surface area contributed by atoms with Crippen LogP contribution in [0.25, 0.3) is 0 Å². The van der Waals surface area contributed by atoms with E-state index in [0.717, 1.165) is 0 Å². The third-order valence-electron chi connectivity index (χ3n) is 2.70. The molecule has 23 heavy (non-hydrogen) atoms. The molecule has 1 atom stereocenters. The largest absolute Gasteiger partial charge is 0.458 e. The molecule has 8 nitrogen and oxygen atoms in total. The van der Waals surface area contributed by atoms with Gasteiger partial charge in [-0.25, -0.2) is 9.59 Å². The number of hydrogen-bond donors (Lipinski definition) is 2. The maximum atomic E-state index is 11.7. The summed E-state index contributed by atoms with van der Waals surface area (Å²) >= 11 is 0. The Balaban J connectivity index is 2.17. The van der Waals surface area contributed by atoms with Crippen LogP contribution in [-0.2, 0) is 19.1 Å². The fourth-order valence-electron chi connectivity index (χ4n) is 1.71. The van der Waals surface area contributed by atoms with Crippen LogP contribution in [0.15, 0.2) is 0 Å². The highest BCUT2D eigenvalue weighted by Gasteiger charge is 2.34. The number of nitrogens with zero attached hydrogens (tertiary/aromatic N) is 1. The Morgan fingerprint density at radius 3 is 2.13 bits per heavy atom. The van der Waals surface area contributed by atoms with Crippen molar-refractivity contribution >= 4 is 12.1 Å². The zero-order valence-electron chi connectivity index (χ0n) is 14.7. The van der Waals surface area contributed by atoms with Crippen molar-refractivity contribution in [3.8, 4) is 0 Å². The quantitative estimate of drug-likeness (QED) is 0.568. The van der Waals surface area contributed by atoms with Crippen LogP contribution in [-0.4, -0.2) is 65.1 Å². The number of aliphatic hydroxyl groups excluding tert-OH is 1. The molecule has 0 spiro atoms. The van der Waals surface area contributed by atoms with Gasteiger partial charge in [0.15, 0.2) is 6.10 Å². The lowest BCUT2D eigenvalue weighted by atomic mass is 10.1. The van der Waals surface area contributed by atoms with Gasteiger partial charge < -0.3 is 19.5 Å². The van der Waals surface area contributed by atoms with E-state index in [1.165, 1.54) is 4.90 Å². The van der Waals surface area contributed by atoms with Gasteiger partial charge in [0, 0.05) is 13.1 Å². The number of amides is 1. The molecule has 1 saturated heterocycles. The second kappa shape index (κ2) is 7.46. The minimum atomic E-state index is -1.36. The number of hydrogen-bond acceptors (Lipinski definition) is 7. The van der Waals surface area contributed by atoms with Crippen LogP contribution in [0.2, 0.25) is 0 Å². The molecule has 0 radical (unpaired) electrons. The number of aliphatic hydroxyl groups is 1. The SMILES string of the molecule is CC(C)(C)OC(=O)[C@H](O)CONC1CN(C(=O)OC(C)(C)C)C1. The summed E-state index contributed by atoms with van der Waals surface area (Å²) in [7, 11) is 0. The number of carbonyl (C=O) groups is 2. The molecule has 1 fully saturated rings. The topological polar surface area (TPSA) is 97.3 Å². The Bertz CT molecular complexity index is 421. The zero-order valence-corrected chi connectivity index (χ0v) is 14.7. The van der Waals surface area contributed by atoms with Gasteiger partial charge in [-0.15, -0.1) is 0 Å². The average molecular weight is 332 g/mol. The Hall–Kier alpha value is -1.38. The lowest BCUT2D eigenvalue weighted by Crippen LogP contribution is -2.60. The molecule has 134 valence electrons. The molecule has 1 heterocycles. The van der Waals surface area contributed by atoms with Crippen LogP contribution in [0, 0.1) is 0 Å². The van der Waals surface area contributed by atoms with Crippen LogP contribution < -0.4 is 5.48 Å². The van der Waals surface area contributed by atoms with Crippen molar-refractivity contribution in [2.24, 2.45) is 0 Å². The summed E-state index contributed by atoms with van der Waals surface area (Å²) in [5, 5.41) is 9.63. The summed E-state index contributed by atoms with van der Waals surface area (Å²) < 4.78 is 10.3. The number of likely N-dealkylation sites (tertiary alicyclic amines) is 1. The summed E-state index contributed by atoms with van der Waals surface area (Å²) in [5.74, 6) is -0.733. The van der Waals surface area contributed by atoms with Crippen LogP contribution in [0.1, 0.15) is 41.5 Å². The number of rotatable bonds is 5. The van der Waals surface area contributed by atoms with Gasteiger partial charge in [0.05, 0.1) is 6.04 Å². The van der Waals surface area contributed by atoms with E-state index in [1.807, 2.05) is 20.8 Å². The third-order valence-corrected chi connectivity index (χ3v) is 2.70. The number of esters is 1. The Morgan fingerprint density at radius 1 is 1.13 bits per heavy atom. The van der Waals surface area contributed by atoms with E-state index in [2.05, 4.69) is 5.48 Å². The molecular weight excluding hydrogens is 304 g/mol. The van der Waals surface area contributed by atoms with Crippen LogP contribution >= 0.6 is 0 Å². The van der Waals surface area contributed by atoms with E-state index in [-0.39, 0.29) is 18.7 Å². The van der Waals surface area contributed by atoms with Crippen LogP contribution in [0.5, 0.6) is 0 Å². The fourth-order valence-corrected chi connectivity index (χ4v) is 1.71. The predicted octanol–water partition coefficient (Wildman–Crippen LogP) is 0.829. The summed E-state index contributed by atoms with van der Waals surface area (Å²) in [4.78, 5) is 29.9. The fraction of sp³-hybridized carbons (Fsp3) is 0.867.